The van der Waals surface area contributed by atoms with Crippen LogP contribution in [0.3, 0.4) is 0 Å². The summed E-state index contributed by atoms with van der Waals surface area (Å²) in [7, 11) is 0. The van der Waals surface area contributed by atoms with Crippen LogP contribution in [0.5, 0.6) is 0 Å². The van der Waals surface area contributed by atoms with Gasteiger partial charge in [0.2, 0.25) is 16.9 Å². The fraction of sp³-hybridized carbons (Fsp3) is 0.765. The van der Waals surface area contributed by atoms with Gasteiger partial charge in [-0.05, 0) is 26.2 Å². The summed E-state index contributed by atoms with van der Waals surface area (Å²) in [6.07, 6.45) is 4.37. The Labute approximate surface area is 157 Å². The standard InChI is InChI=1S/C17H26N6O2S/c1-12-13(10-14(20-12)16(25)21-4-2-3-5-21)15(24)22-6-8-23(9-7-22)17-18-11-19-26-17/h11-14,20H,2-10H2,1H3/t12-,13-,14-/m0/s1. The van der Waals surface area contributed by atoms with Crippen LogP contribution in [-0.4, -0.2) is 82.3 Å². The molecule has 1 aromatic rings. The van der Waals surface area contributed by atoms with Crippen molar-refractivity contribution in [3.63, 3.8) is 0 Å². The second-order valence-corrected chi connectivity index (χ2v) is 8.18. The summed E-state index contributed by atoms with van der Waals surface area (Å²) < 4.78 is 4.05. The highest BCUT2D eigenvalue weighted by Gasteiger charge is 2.42. The Kier molecular flexibility index (Phi) is 5.08. The van der Waals surface area contributed by atoms with Gasteiger partial charge in [-0.2, -0.15) is 4.37 Å². The molecule has 3 aliphatic heterocycles. The molecule has 3 saturated heterocycles. The molecule has 142 valence electrons. The zero-order valence-corrected chi connectivity index (χ0v) is 16.0. The molecular formula is C17H26N6O2S. The third kappa shape index (κ3) is 3.42. The molecule has 3 fully saturated rings. The zero-order chi connectivity index (χ0) is 18.1. The number of nitrogens with zero attached hydrogens (tertiary/aromatic N) is 5. The predicted molar refractivity (Wildman–Crippen MR) is 99.0 cm³/mol. The Morgan fingerprint density at radius 3 is 2.42 bits per heavy atom. The molecule has 8 nitrogen and oxygen atoms in total. The van der Waals surface area contributed by atoms with Gasteiger partial charge < -0.3 is 20.0 Å². The van der Waals surface area contributed by atoms with Crippen molar-refractivity contribution >= 4 is 28.5 Å². The fourth-order valence-electron chi connectivity index (χ4n) is 4.26. The molecule has 0 saturated carbocycles. The summed E-state index contributed by atoms with van der Waals surface area (Å²) in [6.45, 7) is 6.71. The molecule has 0 unspecified atom stereocenters. The van der Waals surface area contributed by atoms with E-state index in [1.807, 2.05) is 16.7 Å². The number of carbonyl (C=O) groups excluding carboxylic acids is 2. The molecule has 0 spiro atoms. The number of carbonyl (C=O) groups is 2. The quantitative estimate of drug-likeness (QED) is 0.808. The maximum absolute atomic E-state index is 13.0. The highest BCUT2D eigenvalue weighted by Crippen LogP contribution is 2.26. The molecule has 4 rings (SSSR count). The van der Waals surface area contributed by atoms with E-state index in [4.69, 9.17) is 0 Å². The van der Waals surface area contributed by atoms with E-state index in [0.29, 0.717) is 19.5 Å². The van der Waals surface area contributed by atoms with Crippen LogP contribution in [-0.2, 0) is 9.59 Å². The monoisotopic (exact) mass is 378 g/mol. The molecule has 2 amide bonds. The van der Waals surface area contributed by atoms with Crippen LogP contribution in [0.25, 0.3) is 0 Å². The van der Waals surface area contributed by atoms with E-state index < -0.39 is 0 Å². The molecular weight excluding hydrogens is 352 g/mol. The van der Waals surface area contributed by atoms with Crippen molar-refractivity contribution < 1.29 is 9.59 Å². The molecule has 0 aliphatic carbocycles. The Hall–Kier alpha value is -1.74. The van der Waals surface area contributed by atoms with Crippen molar-refractivity contribution in [2.24, 2.45) is 5.92 Å². The normalized spacial score (nSPS) is 29.4. The summed E-state index contributed by atoms with van der Waals surface area (Å²) in [6, 6.07) is -0.167. The van der Waals surface area contributed by atoms with Crippen molar-refractivity contribution in [3.8, 4) is 0 Å². The van der Waals surface area contributed by atoms with Crippen molar-refractivity contribution in [1.29, 1.82) is 0 Å². The number of aromatic nitrogens is 2. The van der Waals surface area contributed by atoms with Gasteiger partial charge in [0, 0.05) is 56.8 Å². The van der Waals surface area contributed by atoms with Gasteiger partial charge in [-0.15, -0.1) is 0 Å². The molecule has 26 heavy (non-hydrogen) atoms. The number of hydrogen-bond donors (Lipinski definition) is 1. The van der Waals surface area contributed by atoms with E-state index >= 15 is 0 Å². The summed E-state index contributed by atoms with van der Waals surface area (Å²) in [5, 5.41) is 4.29. The molecule has 3 atom stereocenters. The lowest BCUT2D eigenvalue weighted by Crippen LogP contribution is -2.51. The van der Waals surface area contributed by atoms with Crippen LogP contribution in [0.2, 0.25) is 0 Å². The van der Waals surface area contributed by atoms with E-state index in [2.05, 4.69) is 19.6 Å². The lowest BCUT2D eigenvalue weighted by atomic mass is 9.97. The highest BCUT2D eigenvalue weighted by atomic mass is 32.1. The van der Waals surface area contributed by atoms with Gasteiger partial charge in [0.05, 0.1) is 12.0 Å². The van der Waals surface area contributed by atoms with Crippen molar-refractivity contribution in [2.75, 3.05) is 44.2 Å². The molecule has 0 aromatic carbocycles. The van der Waals surface area contributed by atoms with E-state index in [9.17, 15) is 9.59 Å². The van der Waals surface area contributed by atoms with Crippen molar-refractivity contribution in [3.05, 3.63) is 6.33 Å². The molecule has 3 aliphatic rings. The number of likely N-dealkylation sites (tertiary alicyclic amines) is 1. The third-order valence-electron chi connectivity index (χ3n) is 5.80. The number of nitrogens with one attached hydrogen (secondary N) is 1. The first-order chi connectivity index (χ1) is 12.6. The van der Waals surface area contributed by atoms with E-state index in [0.717, 1.165) is 44.2 Å². The van der Waals surface area contributed by atoms with Crippen molar-refractivity contribution in [2.45, 2.75) is 38.3 Å². The second kappa shape index (κ2) is 7.48. The highest BCUT2D eigenvalue weighted by molar-refractivity contribution is 7.09. The van der Waals surface area contributed by atoms with Gasteiger partial charge >= 0.3 is 0 Å². The molecule has 4 heterocycles. The Balaban J connectivity index is 1.32. The summed E-state index contributed by atoms with van der Waals surface area (Å²) >= 11 is 1.39. The molecule has 9 heteroatoms. The Morgan fingerprint density at radius 2 is 1.77 bits per heavy atom. The van der Waals surface area contributed by atoms with E-state index in [-0.39, 0.29) is 29.8 Å². The van der Waals surface area contributed by atoms with Gasteiger partial charge in [0.25, 0.3) is 0 Å². The smallest absolute Gasteiger partial charge is 0.239 e. The first kappa shape index (κ1) is 17.7. The first-order valence-electron chi connectivity index (χ1n) is 9.49. The van der Waals surface area contributed by atoms with Crippen LogP contribution in [0, 0.1) is 5.92 Å². The maximum Gasteiger partial charge on any atom is 0.239 e. The lowest BCUT2D eigenvalue weighted by Gasteiger charge is -2.36. The van der Waals surface area contributed by atoms with Gasteiger partial charge in [-0.1, -0.05) is 0 Å². The van der Waals surface area contributed by atoms with Crippen LogP contribution in [0.1, 0.15) is 26.2 Å². The number of amides is 2. The topological polar surface area (TPSA) is 81.7 Å². The lowest BCUT2D eigenvalue weighted by molar-refractivity contribution is -0.136. The number of piperazine rings is 1. The van der Waals surface area contributed by atoms with Crippen LogP contribution in [0.4, 0.5) is 5.13 Å². The SMILES string of the molecule is C[C@@H]1N[C@H](C(=O)N2CCCC2)C[C@@H]1C(=O)N1CCN(c2ncns2)CC1. The van der Waals surface area contributed by atoms with Gasteiger partial charge in [0.15, 0.2) is 0 Å². The summed E-state index contributed by atoms with van der Waals surface area (Å²) in [4.78, 5) is 36.0. The minimum atomic E-state index is -0.209. The largest absolute Gasteiger partial charge is 0.343 e. The summed E-state index contributed by atoms with van der Waals surface area (Å²) in [5.41, 5.74) is 0. The zero-order valence-electron chi connectivity index (χ0n) is 15.1. The van der Waals surface area contributed by atoms with Gasteiger partial charge in [-0.3, -0.25) is 9.59 Å². The minimum Gasteiger partial charge on any atom is -0.343 e. The fourth-order valence-corrected chi connectivity index (χ4v) is 4.84. The Bertz CT molecular complexity index is 640. The molecule has 1 aromatic heterocycles. The van der Waals surface area contributed by atoms with Crippen molar-refractivity contribution in [1.82, 2.24) is 24.5 Å². The van der Waals surface area contributed by atoms with E-state index in [1.54, 1.807) is 6.33 Å². The van der Waals surface area contributed by atoms with Gasteiger partial charge in [0.1, 0.15) is 6.33 Å². The second-order valence-electron chi connectivity index (χ2n) is 7.42. The van der Waals surface area contributed by atoms with E-state index in [1.165, 1.54) is 11.5 Å². The number of rotatable bonds is 3. The average Bonchev–Trinajstić information content (AvgIpc) is 3.42. The molecule has 0 radical (unpaired) electrons. The Morgan fingerprint density at radius 1 is 1.08 bits per heavy atom. The van der Waals surface area contributed by atoms with Crippen LogP contribution in [0.15, 0.2) is 6.33 Å². The minimum absolute atomic E-state index is 0.0419. The third-order valence-corrected chi connectivity index (χ3v) is 6.53. The summed E-state index contributed by atoms with van der Waals surface area (Å²) in [5.74, 6) is 0.240. The van der Waals surface area contributed by atoms with Gasteiger partial charge in [-0.25, -0.2) is 4.98 Å². The maximum atomic E-state index is 13.0. The van der Waals surface area contributed by atoms with Crippen LogP contribution >= 0.6 is 11.5 Å². The average molecular weight is 379 g/mol. The molecule has 1 N–H and O–H groups in total. The number of anilines is 1. The predicted octanol–water partition coefficient (Wildman–Crippen LogP) is 0.176. The molecule has 0 bridgehead atoms. The first-order valence-corrected chi connectivity index (χ1v) is 10.3. The van der Waals surface area contributed by atoms with Crippen LogP contribution < -0.4 is 10.2 Å². The number of hydrogen-bond acceptors (Lipinski definition) is 7.